The molecule has 1 aliphatic rings. The minimum atomic E-state index is -0.381. The molecule has 1 N–H and O–H groups in total. The lowest BCUT2D eigenvalue weighted by molar-refractivity contribution is 0.264. The molecule has 0 bridgehead atoms. The van der Waals surface area contributed by atoms with Crippen molar-refractivity contribution in [2.45, 2.75) is 6.23 Å². The molecule has 4 heteroatoms. The van der Waals surface area contributed by atoms with Crippen LogP contribution in [0.4, 0.5) is 22.7 Å². The number of para-hydroxylation sites is 2. The average Bonchev–Trinajstić information content (AvgIpc) is 3.79. The van der Waals surface area contributed by atoms with E-state index in [0.717, 1.165) is 72.2 Å². The Balaban J connectivity index is 1.14. The Morgan fingerprint density at radius 3 is 1.88 bits per heavy atom. The summed E-state index contributed by atoms with van der Waals surface area (Å²) in [5.74, 6) is 0.859. The highest BCUT2D eigenvalue weighted by molar-refractivity contribution is 6.18. The van der Waals surface area contributed by atoms with Gasteiger partial charge in [-0.2, -0.15) is 0 Å². The summed E-state index contributed by atoms with van der Waals surface area (Å²) in [5, 5.41) is 10.5. The van der Waals surface area contributed by atoms with E-state index in [-0.39, 0.29) is 6.23 Å². The fourth-order valence-corrected chi connectivity index (χ4v) is 7.45. The molecule has 1 aromatic heterocycles. The van der Waals surface area contributed by atoms with E-state index in [2.05, 4.69) is 156 Å². The van der Waals surface area contributed by atoms with Crippen molar-refractivity contribution in [2.24, 2.45) is 0 Å². The molecule has 0 fully saturated rings. The van der Waals surface area contributed by atoms with Gasteiger partial charge in [0.25, 0.3) is 0 Å². The topological polar surface area (TPSA) is 37.6 Å². The molecule has 0 amide bonds. The number of hydrogen-bond acceptors (Lipinski definition) is 4. The van der Waals surface area contributed by atoms with Gasteiger partial charge in [-0.15, -0.1) is 0 Å². The fraction of sp³-hybridized carbons (Fsp3) is 0.0222. The Hall–Kier alpha value is -6.52. The first-order chi connectivity index (χ1) is 24.3. The van der Waals surface area contributed by atoms with Crippen molar-refractivity contribution in [1.29, 1.82) is 0 Å². The molecule has 2 heterocycles. The van der Waals surface area contributed by atoms with Gasteiger partial charge in [0, 0.05) is 44.2 Å². The second kappa shape index (κ2) is 11.0. The fourth-order valence-electron chi connectivity index (χ4n) is 7.45. The molecule has 1 atom stereocenters. The summed E-state index contributed by atoms with van der Waals surface area (Å²) in [4.78, 5) is 2.31. The summed E-state index contributed by atoms with van der Waals surface area (Å²) < 4.78 is 13.2. The smallest absolute Gasteiger partial charge is 0.197 e. The minimum Gasteiger partial charge on any atom is -0.464 e. The van der Waals surface area contributed by atoms with E-state index < -0.39 is 0 Å². The number of benzene rings is 8. The van der Waals surface area contributed by atoms with Crippen molar-refractivity contribution in [2.75, 3.05) is 10.2 Å². The molecule has 1 aliphatic heterocycles. The zero-order valence-corrected chi connectivity index (χ0v) is 26.5. The third-order valence-corrected chi connectivity index (χ3v) is 9.70. The van der Waals surface area contributed by atoms with Crippen molar-refractivity contribution in [1.82, 2.24) is 0 Å². The summed E-state index contributed by atoms with van der Waals surface area (Å²) in [7, 11) is 0. The summed E-state index contributed by atoms with van der Waals surface area (Å²) in [6.45, 7) is 0. The summed E-state index contributed by atoms with van der Waals surface area (Å²) in [6, 6.07) is 59.6. The number of nitrogens with one attached hydrogen (secondary N) is 1. The van der Waals surface area contributed by atoms with Crippen molar-refractivity contribution in [3.05, 3.63) is 175 Å². The largest absolute Gasteiger partial charge is 0.464 e. The SMILES string of the molecule is c1ccc(-c2ccc(N(c3ccccc3)c3ccc4c(c3)c3c(c5ccccc54)NC(c4cccc5oc6ccccc6c45)O3)cc2)cc1. The molecule has 49 heavy (non-hydrogen) atoms. The molecule has 0 saturated carbocycles. The van der Waals surface area contributed by atoms with Crippen LogP contribution in [0.2, 0.25) is 0 Å². The van der Waals surface area contributed by atoms with Crippen molar-refractivity contribution < 1.29 is 9.15 Å². The molecule has 0 aliphatic carbocycles. The molecule has 0 radical (unpaired) electrons. The van der Waals surface area contributed by atoms with Gasteiger partial charge in [-0.05, 0) is 70.4 Å². The first-order valence-corrected chi connectivity index (χ1v) is 16.6. The Morgan fingerprint density at radius 1 is 0.449 bits per heavy atom. The monoisotopic (exact) mass is 630 g/mol. The van der Waals surface area contributed by atoms with Crippen LogP contribution < -0.4 is 15.0 Å². The second-order valence-corrected chi connectivity index (χ2v) is 12.5. The van der Waals surface area contributed by atoms with Crippen LogP contribution in [0.1, 0.15) is 11.8 Å². The van der Waals surface area contributed by atoms with E-state index in [1.165, 1.54) is 16.5 Å². The van der Waals surface area contributed by atoms with Crippen LogP contribution in [0.3, 0.4) is 0 Å². The van der Waals surface area contributed by atoms with Crippen molar-refractivity contribution in [3.8, 4) is 16.9 Å². The summed E-state index contributed by atoms with van der Waals surface area (Å²) in [5.41, 5.74) is 9.40. The number of furan rings is 1. The zero-order valence-electron chi connectivity index (χ0n) is 26.5. The highest BCUT2D eigenvalue weighted by atomic mass is 16.5. The third kappa shape index (κ3) is 4.45. The average molecular weight is 631 g/mol. The first-order valence-electron chi connectivity index (χ1n) is 16.6. The molecule has 1 unspecified atom stereocenters. The highest BCUT2D eigenvalue weighted by Gasteiger charge is 2.30. The quantitative estimate of drug-likeness (QED) is 0.192. The van der Waals surface area contributed by atoms with Gasteiger partial charge in [-0.1, -0.05) is 121 Å². The van der Waals surface area contributed by atoms with Crippen LogP contribution in [0.25, 0.3) is 54.6 Å². The molecule has 232 valence electrons. The lowest BCUT2D eigenvalue weighted by atomic mass is 9.98. The van der Waals surface area contributed by atoms with Gasteiger partial charge in [0.1, 0.15) is 11.2 Å². The number of hydrogen-bond donors (Lipinski definition) is 1. The number of nitrogens with zero attached hydrogens (tertiary/aromatic N) is 1. The number of fused-ring (bicyclic) bond motifs is 9. The standard InChI is InChI=1S/C45H30N2O2/c1-3-12-29(13-4-1)30-22-24-32(25-23-30)47(31-14-5-2-6-15-31)33-26-27-35-34-16-7-8-17-36(34)43-44(39(35)28-33)49-45(46-43)38-19-11-21-41-42(38)37-18-9-10-20-40(37)48-41/h1-28,45-46H. The predicted octanol–water partition coefficient (Wildman–Crippen LogP) is 12.5. The highest BCUT2D eigenvalue weighted by Crippen LogP contribution is 2.51. The molecule has 0 spiro atoms. The number of ether oxygens (including phenoxy) is 1. The van der Waals surface area contributed by atoms with Gasteiger partial charge in [0.2, 0.25) is 0 Å². The van der Waals surface area contributed by atoms with Gasteiger partial charge in [-0.3, -0.25) is 0 Å². The van der Waals surface area contributed by atoms with Crippen molar-refractivity contribution >= 4 is 66.2 Å². The van der Waals surface area contributed by atoms with Crippen LogP contribution in [0, 0.1) is 0 Å². The summed E-state index contributed by atoms with van der Waals surface area (Å²) >= 11 is 0. The van der Waals surface area contributed by atoms with E-state index in [9.17, 15) is 0 Å². The molecular formula is C45H30N2O2. The number of rotatable bonds is 5. The number of anilines is 4. The van der Waals surface area contributed by atoms with E-state index in [1.54, 1.807) is 0 Å². The van der Waals surface area contributed by atoms with Gasteiger partial charge in [0.05, 0.1) is 5.69 Å². The maximum atomic E-state index is 6.98. The van der Waals surface area contributed by atoms with Crippen LogP contribution in [-0.4, -0.2) is 0 Å². The normalized spacial score (nSPS) is 13.8. The van der Waals surface area contributed by atoms with Gasteiger partial charge < -0.3 is 19.4 Å². The van der Waals surface area contributed by atoms with Gasteiger partial charge in [-0.25, -0.2) is 0 Å². The lowest BCUT2D eigenvalue weighted by Gasteiger charge is -2.26. The maximum absolute atomic E-state index is 6.98. The second-order valence-electron chi connectivity index (χ2n) is 12.5. The van der Waals surface area contributed by atoms with E-state index in [4.69, 9.17) is 9.15 Å². The van der Waals surface area contributed by atoms with Crippen LogP contribution in [-0.2, 0) is 0 Å². The molecular weight excluding hydrogens is 601 g/mol. The van der Waals surface area contributed by atoms with Crippen LogP contribution in [0.15, 0.2) is 174 Å². The zero-order chi connectivity index (χ0) is 32.3. The van der Waals surface area contributed by atoms with Crippen LogP contribution in [0.5, 0.6) is 5.75 Å². The Labute approximate surface area is 283 Å². The van der Waals surface area contributed by atoms with Crippen LogP contribution >= 0.6 is 0 Å². The Bertz CT molecular complexity index is 2660. The Morgan fingerprint density at radius 2 is 1.06 bits per heavy atom. The Kier molecular flexibility index (Phi) is 6.21. The minimum absolute atomic E-state index is 0.381. The molecule has 10 rings (SSSR count). The molecule has 0 saturated heterocycles. The first kappa shape index (κ1) is 27.6. The predicted molar refractivity (Wildman–Crippen MR) is 202 cm³/mol. The third-order valence-electron chi connectivity index (χ3n) is 9.70. The molecule has 4 nitrogen and oxygen atoms in total. The van der Waals surface area contributed by atoms with E-state index >= 15 is 0 Å². The molecule has 8 aromatic carbocycles. The van der Waals surface area contributed by atoms with E-state index in [0.29, 0.717) is 0 Å². The van der Waals surface area contributed by atoms with Crippen molar-refractivity contribution in [3.63, 3.8) is 0 Å². The van der Waals surface area contributed by atoms with E-state index in [1.807, 2.05) is 24.3 Å². The summed E-state index contributed by atoms with van der Waals surface area (Å²) in [6.07, 6.45) is -0.381. The lowest BCUT2D eigenvalue weighted by Crippen LogP contribution is -2.10. The van der Waals surface area contributed by atoms with Gasteiger partial charge >= 0.3 is 0 Å². The van der Waals surface area contributed by atoms with Gasteiger partial charge in [0.15, 0.2) is 12.0 Å². The molecule has 9 aromatic rings. The maximum Gasteiger partial charge on any atom is 0.197 e.